The van der Waals surface area contributed by atoms with Crippen molar-refractivity contribution in [3.63, 3.8) is 0 Å². The van der Waals surface area contributed by atoms with Crippen LogP contribution in [0.1, 0.15) is 19.9 Å². The van der Waals surface area contributed by atoms with Crippen LogP contribution in [-0.4, -0.2) is 21.1 Å². The first-order valence-corrected chi connectivity index (χ1v) is 7.79. The molecule has 0 fully saturated rings. The van der Waals surface area contributed by atoms with E-state index >= 15 is 0 Å². The predicted octanol–water partition coefficient (Wildman–Crippen LogP) is 2.33. The molecule has 0 radical (unpaired) electrons. The molecule has 0 saturated carbocycles. The van der Waals surface area contributed by atoms with Crippen molar-refractivity contribution in [2.75, 3.05) is 12.3 Å². The van der Waals surface area contributed by atoms with E-state index in [1.54, 1.807) is 0 Å². The van der Waals surface area contributed by atoms with Crippen LogP contribution in [0.5, 0.6) is 0 Å². The molecule has 4 N–H and O–H groups in total. The normalized spacial score (nSPS) is 26.2. The summed E-state index contributed by atoms with van der Waals surface area (Å²) in [6, 6.07) is 0.281. The Morgan fingerprint density at radius 1 is 1.35 bits per heavy atom. The summed E-state index contributed by atoms with van der Waals surface area (Å²) in [7, 11) is 0. The van der Waals surface area contributed by atoms with Gasteiger partial charge in [-0.15, -0.1) is 0 Å². The van der Waals surface area contributed by atoms with Gasteiger partial charge in [-0.25, -0.2) is 9.97 Å². The topological polar surface area (TPSA) is 82.8 Å². The van der Waals surface area contributed by atoms with Gasteiger partial charge in [0.05, 0.1) is 11.4 Å². The van der Waals surface area contributed by atoms with Crippen LogP contribution in [0.4, 0.5) is 5.82 Å². The Hall–Kier alpha value is -1.15. The third kappa shape index (κ3) is 1.93. The number of nitrogens with zero attached hydrogens (tertiary/aromatic N) is 3. The minimum Gasteiger partial charge on any atom is -0.383 e. The Bertz CT molecular complexity index is 690. The largest absolute Gasteiger partial charge is 0.383 e. The van der Waals surface area contributed by atoms with Crippen molar-refractivity contribution in [2.24, 2.45) is 17.6 Å². The molecule has 3 unspecified atom stereocenters. The Balaban J connectivity index is 2.17. The number of anilines is 1. The molecular formula is C14H18IN5. The average Bonchev–Trinajstić information content (AvgIpc) is 2.90. The van der Waals surface area contributed by atoms with E-state index in [-0.39, 0.29) is 6.04 Å². The summed E-state index contributed by atoms with van der Waals surface area (Å²) in [6.07, 6.45) is 5.92. The van der Waals surface area contributed by atoms with Gasteiger partial charge in [0.15, 0.2) is 0 Å². The van der Waals surface area contributed by atoms with Crippen LogP contribution in [0.2, 0.25) is 0 Å². The molecule has 2 aromatic heterocycles. The van der Waals surface area contributed by atoms with Crippen molar-refractivity contribution < 1.29 is 0 Å². The second kappa shape index (κ2) is 5.00. The summed E-state index contributed by atoms with van der Waals surface area (Å²) in [4.78, 5) is 8.51. The van der Waals surface area contributed by atoms with Crippen molar-refractivity contribution in [1.82, 2.24) is 14.5 Å². The molecule has 3 atom stereocenters. The number of nitrogen functional groups attached to an aromatic ring is 1. The number of allylic oxidation sites excluding steroid dienone is 1. The fraction of sp³-hybridized carbons (Fsp3) is 0.429. The third-order valence-electron chi connectivity index (χ3n) is 4.45. The highest BCUT2D eigenvalue weighted by molar-refractivity contribution is 14.1. The lowest BCUT2D eigenvalue weighted by Crippen LogP contribution is -2.17. The van der Waals surface area contributed by atoms with Crippen molar-refractivity contribution in [3.05, 3.63) is 27.7 Å². The molecule has 3 rings (SSSR count). The van der Waals surface area contributed by atoms with Crippen LogP contribution < -0.4 is 11.5 Å². The molecule has 0 bridgehead atoms. The van der Waals surface area contributed by atoms with Gasteiger partial charge >= 0.3 is 0 Å². The molecule has 0 spiro atoms. The summed E-state index contributed by atoms with van der Waals surface area (Å²) in [5, 5.41) is 0.947. The molecule has 1 aliphatic rings. The number of hydrogen-bond acceptors (Lipinski definition) is 4. The van der Waals surface area contributed by atoms with Crippen molar-refractivity contribution in [3.8, 4) is 0 Å². The minimum atomic E-state index is 0.281. The minimum absolute atomic E-state index is 0.281. The number of fused-ring (bicyclic) bond motifs is 1. The summed E-state index contributed by atoms with van der Waals surface area (Å²) in [6.45, 7) is 5.12. The van der Waals surface area contributed by atoms with Crippen LogP contribution in [0, 0.1) is 15.4 Å². The monoisotopic (exact) mass is 383 g/mol. The van der Waals surface area contributed by atoms with E-state index in [0.29, 0.717) is 24.2 Å². The number of hydrogen-bond donors (Lipinski definition) is 2. The molecule has 2 heterocycles. The van der Waals surface area contributed by atoms with Crippen LogP contribution in [0.25, 0.3) is 11.0 Å². The van der Waals surface area contributed by atoms with Gasteiger partial charge in [-0.2, -0.15) is 0 Å². The van der Waals surface area contributed by atoms with Gasteiger partial charge < -0.3 is 16.0 Å². The van der Waals surface area contributed by atoms with Crippen molar-refractivity contribution in [2.45, 2.75) is 19.9 Å². The molecule has 0 aromatic carbocycles. The molecular weight excluding hydrogens is 365 g/mol. The summed E-state index contributed by atoms with van der Waals surface area (Å²) >= 11 is 2.29. The van der Waals surface area contributed by atoms with E-state index in [4.69, 9.17) is 11.5 Å². The zero-order valence-electron chi connectivity index (χ0n) is 11.5. The number of halogens is 1. The first-order chi connectivity index (χ1) is 9.54. The van der Waals surface area contributed by atoms with Crippen LogP contribution in [0.15, 0.2) is 24.2 Å². The lowest BCUT2D eigenvalue weighted by atomic mass is 9.92. The molecule has 0 saturated heterocycles. The maximum absolute atomic E-state index is 5.98. The maximum atomic E-state index is 5.98. The second-order valence-electron chi connectivity index (χ2n) is 5.43. The SMILES string of the molecule is CC1C(CN)=CC(n2cc(I)c3c(N)ncnc32)C1C. The smallest absolute Gasteiger partial charge is 0.147 e. The molecule has 5 nitrogen and oxygen atoms in total. The molecule has 0 aliphatic heterocycles. The van der Waals surface area contributed by atoms with Gasteiger partial charge in [-0.1, -0.05) is 25.5 Å². The first kappa shape index (κ1) is 13.8. The number of nitrogens with two attached hydrogens (primary N) is 2. The molecule has 6 heteroatoms. The standard InChI is InChI=1S/C14H18IN5/c1-7-8(2)11(3-9(7)4-16)20-5-10(15)12-13(17)18-6-19-14(12)20/h3,5-8,11H,4,16H2,1-2H3,(H2,17,18,19). The van der Waals surface area contributed by atoms with Crippen LogP contribution in [0.3, 0.4) is 0 Å². The zero-order chi connectivity index (χ0) is 14.4. The van der Waals surface area contributed by atoms with Crippen LogP contribution in [-0.2, 0) is 0 Å². The fourth-order valence-electron chi connectivity index (χ4n) is 3.03. The number of aromatic nitrogens is 3. The molecule has 0 amide bonds. The highest BCUT2D eigenvalue weighted by Crippen LogP contribution is 2.41. The van der Waals surface area contributed by atoms with Gasteiger partial charge in [-0.05, 0) is 34.4 Å². The highest BCUT2D eigenvalue weighted by Gasteiger charge is 2.32. The Labute approximate surface area is 131 Å². The molecule has 106 valence electrons. The van der Waals surface area contributed by atoms with Gasteiger partial charge in [0, 0.05) is 16.3 Å². The first-order valence-electron chi connectivity index (χ1n) is 6.71. The van der Waals surface area contributed by atoms with E-state index in [0.717, 1.165) is 14.6 Å². The summed E-state index contributed by atoms with van der Waals surface area (Å²) in [5.41, 5.74) is 14.0. The Kier molecular flexibility index (Phi) is 3.45. The number of rotatable bonds is 2. The quantitative estimate of drug-likeness (QED) is 0.616. The van der Waals surface area contributed by atoms with Gasteiger partial charge in [-0.3, -0.25) is 0 Å². The van der Waals surface area contributed by atoms with Crippen LogP contribution >= 0.6 is 22.6 Å². The molecule has 20 heavy (non-hydrogen) atoms. The van der Waals surface area contributed by atoms with E-state index in [1.807, 2.05) is 0 Å². The average molecular weight is 383 g/mol. The van der Waals surface area contributed by atoms with Crippen molar-refractivity contribution >= 4 is 39.4 Å². The van der Waals surface area contributed by atoms with E-state index in [9.17, 15) is 0 Å². The van der Waals surface area contributed by atoms with E-state index in [2.05, 4.69) is 63.2 Å². The van der Waals surface area contributed by atoms with Gasteiger partial charge in [0.1, 0.15) is 17.8 Å². The van der Waals surface area contributed by atoms with Gasteiger partial charge in [0.25, 0.3) is 0 Å². The second-order valence-corrected chi connectivity index (χ2v) is 6.59. The summed E-state index contributed by atoms with van der Waals surface area (Å²) < 4.78 is 3.30. The van der Waals surface area contributed by atoms with Gasteiger partial charge in [0.2, 0.25) is 0 Å². The lowest BCUT2D eigenvalue weighted by molar-refractivity contribution is 0.374. The Morgan fingerprint density at radius 2 is 2.10 bits per heavy atom. The van der Waals surface area contributed by atoms with E-state index < -0.39 is 0 Å². The Morgan fingerprint density at radius 3 is 2.75 bits per heavy atom. The molecule has 1 aliphatic carbocycles. The lowest BCUT2D eigenvalue weighted by Gasteiger charge is -2.21. The van der Waals surface area contributed by atoms with Crippen molar-refractivity contribution in [1.29, 1.82) is 0 Å². The van der Waals surface area contributed by atoms with E-state index in [1.165, 1.54) is 11.9 Å². The maximum Gasteiger partial charge on any atom is 0.147 e. The zero-order valence-corrected chi connectivity index (χ0v) is 13.7. The fourth-order valence-corrected chi connectivity index (χ4v) is 3.85. The highest BCUT2D eigenvalue weighted by atomic mass is 127. The molecule has 2 aromatic rings. The summed E-state index contributed by atoms with van der Waals surface area (Å²) in [5.74, 6) is 1.54. The third-order valence-corrected chi connectivity index (χ3v) is 5.26. The predicted molar refractivity (Wildman–Crippen MR) is 89.2 cm³/mol.